The fourth-order valence-corrected chi connectivity index (χ4v) is 1.39. The molecule has 0 N–H and O–H groups in total. The highest BCUT2D eigenvalue weighted by molar-refractivity contribution is 5.81. The summed E-state index contributed by atoms with van der Waals surface area (Å²) in [5, 5.41) is 4.08. The average Bonchev–Trinajstić information content (AvgIpc) is 2.70. The third kappa shape index (κ3) is 1.44. The molecule has 0 aliphatic carbocycles. The second-order valence-corrected chi connectivity index (χ2v) is 3.13. The van der Waals surface area contributed by atoms with Gasteiger partial charge in [-0.05, 0) is 25.1 Å². The number of aldehydes is 1. The first kappa shape index (κ1) is 8.69. The van der Waals surface area contributed by atoms with Gasteiger partial charge < -0.3 is 0 Å². The third-order valence-corrected chi connectivity index (χ3v) is 2.06. The van der Waals surface area contributed by atoms with Gasteiger partial charge in [0.15, 0.2) is 6.29 Å². The van der Waals surface area contributed by atoms with Crippen molar-refractivity contribution in [2.24, 2.45) is 0 Å². The molecule has 70 valence electrons. The van der Waals surface area contributed by atoms with Gasteiger partial charge in [0.1, 0.15) is 0 Å². The van der Waals surface area contributed by atoms with Crippen LogP contribution in [0.2, 0.25) is 0 Å². The standard InChI is InChI=1S/C11H10N2O/c1-9-3-4-11(10(7-9)8-14)13-6-2-5-12-13/h2-8H,1H3. The lowest BCUT2D eigenvalue weighted by Crippen LogP contribution is -1.99. The van der Waals surface area contributed by atoms with Gasteiger partial charge in [0, 0.05) is 18.0 Å². The number of aromatic nitrogens is 2. The second-order valence-electron chi connectivity index (χ2n) is 3.13. The van der Waals surface area contributed by atoms with E-state index < -0.39 is 0 Å². The van der Waals surface area contributed by atoms with Crippen LogP contribution in [0.15, 0.2) is 36.7 Å². The summed E-state index contributed by atoms with van der Waals surface area (Å²) in [5.74, 6) is 0. The van der Waals surface area contributed by atoms with E-state index in [1.165, 1.54) is 0 Å². The Bertz CT molecular complexity index is 446. The van der Waals surface area contributed by atoms with Crippen LogP contribution in [0.3, 0.4) is 0 Å². The van der Waals surface area contributed by atoms with Gasteiger partial charge in [-0.1, -0.05) is 11.6 Å². The lowest BCUT2D eigenvalue weighted by Gasteiger charge is -2.05. The van der Waals surface area contributed by atoms with Gasteiger partial charge in [0.05, 0.1) is 5.69 Å². The Labute approximate surface area is 82.0 Å². The number of carbonyl (C=O) groups is 1. The molecule has 0 saturated carbocycles. The Hall–Kier alpha value is -1.90. The normalized spacial score (nSPS) is 10.1. The van der Waals surface area contributed by atoms with Crippen molar-refractivity contribution in [3.05, 3.63) is 47.8 Å². The molecule has 0 fully saturated rings. The Kier molecular flexibility index (Phi) is 2.14. The van der Waals surface area contributed by atoms with Crippen LogP contribution in [0.5, 0.6) is 0 Å². The monoisotopic (exact) mass is 186 g/mol. The predicted molar refractivity (Wildman–Crippen MR) is 53.7 cm³/mol. The lowest BCUT2D eigenvalue weighted by molar-refractivity contribution is 0.112. The number of rotatable bonds is 2. The summed E-state index contributed by atoms with van der Waals surface area (Å²) in [4.78, 5) is 10.8. The molecule has 1 aromatic heterocycles. The zero-order chi connectivity index (χ0) is 9.97. The summed E-state index contributed by atoms with van der Waals surface area (Å²) in [6.07, 6.45) is 4.36. The highest BCUT2D eigenvalue weighted by Gasteiger charge is 2.03. The number of hydrogen-bond acceptors (Lipinski definition) is 2. The van der Waals surface area contributed by atoms with Crippen LogP contribution in [0.25, 0.3) is 5.69 Å². The molecule has 0 atom stereocenters. The molecule has 1 heterocycles. The predicted octanol–water partition coefficient (Wildman–Crippen LogP) is 1.99. The topological polar surface area (TPSA) is 34.9 Å². The molecule has 3 nitrogen and oxygen atoms in total. The fraction of sp³-hybridized carbons (Fsp3) is 0.0909. The summed E-state index contributed by atoms with van der Waals surface area (Å²) >= 11 is 0. The Balaban J connectivity index is 2.58. The van der Waals surface area contributed by atoms with Crippen LogP contribution >= 0.6 is 0 Å². The SMILES string of the molecule is Cc1ccc(-n2cccn2)c(C=O)c1. The van der Waals surface area contributed by atoms with Gasteiger partial charge in [-0.3, -0.25) is 4.79 Å². The Morgan fingerprint density at radius 3 is 2.93 bits per heavy atom. The second kappa shape index (κ2) is 3.46. The Morgan fingerprint density at radius 2 is 2.29 bits per heavy atom. The summed E-state index contributed by atoms with van der Waals surface area (Å²) in [6.45, 7) is 1.96. The number of carbonyl (C=O) groups excluding carboxylic acids is 1. The van der Waals surface area contributed by atoms with E-state index in [1.54, 1.807) is 10.9 Å². The van der Waals surface area contributed by atoms with Crippen LogP contribution < -0.4 is 0 Å². The van der Waals surface area contributed by atoms with E-state index in [0.717, 1.165) is 17.5 Å². The fourth-order valence-electron chi connectivity index (χ4n) is 1.39. The molecule has 0 radical (unpaired) electrons. The molecular weight excluding hydrogens is 176 g/mol. The molecule has 3 heteroatoms. The number of nitrogens with zero attached hydrogens (tertiary/aromatic N) is 2. The quantitative estimate of drug-likeness (QED) is 0.672. The molecule has 0 amide bonds. The highest BCUT2D eigenvalue weighted by atomic mass is 16.1. The van der Waals surface area contributed by atoms with Gasteiger partial charge in [-0.2, -0.15) is 5.10 Å². The van der Waals surface area contributed by atoms with Gasteiger partial charge >= 0.3 is 0 Å². The lowest BCUT2D eigenvalue weighted by atomic mass is 10.1. The molecule has 0 bridgehead atoms. The van der Waals surface area contributed by atoms with Crippen molar-refractivity contribution in [1.82, 2.24) is 9.78 Å². The molecule has 0 unspecified atom stereocenters. The van der Waals surface area contributed by atoms with Crippen LogP contribution in [-0.4, -0.2) is 16.1 Å². The minimum absolute atomic E-state index is 0.661. The Morgan fingerprint density at radius 1 is 1.43 bits per heavy atom. The molecule has 0 saturated heterocycles. The van der Waals surface area contributed by atoms with E-state index in [2.05, 4.69) is 5.10 Å². The van der Waals surface area contributed by atoms with E-state index in [0.29, 0.717) is 5.56 Å². The van der Waals surface area contributed by atoms with Crippen molar-refractivity contribution in [2.45, 2.75) is 6.92 Å². The van der Waals surface area contributed by atoms with E-state index in [-0.39, 0.29) is 0 Å². The van der Waals surface area contributed by atoms with Crippen molar-refractivity contribution in [1.29, 1.82) is 0 Å². The van der Waals surface area contributed by atoms with Crippen molar-refractivity contribution in [2.75, 3.05) is 0 Å². The number of benzene rings is 1. The average molecular weight is 186 g/mol. The van der Waals surface area contributed by atoms with Crippen molar-refractivity contribution >= 4 is 6.29 Å². The smallest absolute Gasteiger partial charge is 0.152 e. The first-order valence-corrected chi connectivity index (χ1v) is 4.37. The maximum absolute atomic E-state index is 10.8. The van der Waals surface area contributed by atoms with Crippen molar-refractivity contribution in [3.63, 3.8) is 0 Å². The number of aryl methyl sites for hydroxylation is 1. The van der Waals surface area contributed by atoms with Gasteiger partial charge in [0.2, 0.25) is 0 Å². The van der Waals surface area contributed by atoms with Crippen LogP contribution in [0, 0.1) is 6.92 Å². The molecule has 0 spiro atoms. The van der Waals surface area contributed by atoms with Crippen molar-refractivity contribution < 1.29 is 4.79 Å². The molecule has 0 aliphatic rings. The maximum atomic E-state index is 10.8. The van der Waals surface area contributed by atoms with E-state index in [4.69, 9.17) is 0 Å². The first-order valence-electron chi connectivity index (χ1n) is 4.37. The van der Waals surface area contributed by atoms with E-state index >= 15 is 0 Å². The summed E-state index contributed by atoms with van der Waals surface area (Å²) < 4.78 is 1.68. The van der Waals surface area contributed by atoms with Gasteiger partial charge in [-0.25, -0.2) is 4.68 Å². The summed E-state index contributed by atoms with van der Waals surface area (Å²) in [6, 6.07) is 7.54. The third-order valence-electron chi connectivity index (χ3n) is 2.06. The minimum Gasteiger partial charge on any atom is -0.298 e. The molecule has 2 aromatic rings. The molecule has 2 rings (SSSR count). The van der Waals surface area contributed by atoms with Crippen LogP contribution in [-0.2, 0) is 0 Å². The zero-order valence-electron chi connectivity index (χ0n) is 7.84. The molecule has 1 aromatic carbocycles. The van der Waals surface area contributed by atoms with E-state index in [9.17, 15) is 4.79 Å². The molecule has 0 aliphatic heterocycles. The largest absolute Gasteiger partial charge is 0.298 e. The minimum atomic E-state index is 0.661. The zero-order valence-corrected chi connectivity index (χ0v) is 7.84. The van der Waals surface area contributed by atoms with Crippen LogP contribution in [0.1, 0.15) is 15.9 Å². The van der Waals surface area contributed by atoms with Crippen LogP contribution in [0.4, 0.5) is 0 Å². The van der Waals surface area contributed by atoms with Gasteiger partial charge in [0.25, 0.3) is 0 Å². The molecule has 14 heavy (non-hydrogen) atoms. The highest BCUT2D eigenvalue weighted by Crippen LogP contribution is 2.13. The molecular formula is C11H10N2O. The van der Waals surface area contributed by atoms with E-state index in [1.807, 2.05) is 37.4 Å². The van der Waals surface area contributed by atoms with Crippen molar-refractivity contribution in [3.8, 4) is 5.69 Å². The maximum Gasteiger partial charge on any atom is 0.152 e. The summed E-state index contributed by atoms with van der Waals surface area (Å²) in [5.41, 5.74) is 2.55. The van der Waals surface area contributed by atoms with Gasteiger partial charge in [-0.15, -0.1) is 0 Å². The number of hydrogen-bond donors (Lipinski definition) is 0. The summed E-state index contributed by atoms with van der Waals surface area (Å²) in [7, 11) is 0. The first-order chi connectivity index (χ1) is 6.81.